The van der Waals surface area contributed by atoms with Crippen LogP contribution in [0.1, 0.15) is 62.7 Å². The van der Waals surface area contributed by atoms with Gasteiger partial charge in [-0.2, -0.15) is 0 Å². The van der Waals surface area contributed by atoms with Crippen LogP contribution >= 0.6 is 0 Å². The summed E-state index contributed by atoms with van der Waals surface area (Å²) >= 11 is 0. The van der Waals surface area contributed by atoms with Crippen molar-refractivity contribution in [1.82, 2.24) is 14.9 Å². The average Bonchev–Trinajstić information content (AvgIpc) is 3.13. The number of benzene rings is 1. The van der Waals surface area contributed by atoms with Crippen LogP contribution in [0, 0.1) is 11.8 Å². The lowest BCUT2D eigenvalue weighted by molar-refractivity contribution is 0.0944. The average molecular weight is 392 g/mol. The van der Waals surface area contributed by atoms with Gasteiger partial charge in [-0.1, -0.05) is 57.4 Å². The third-order valence-electron chi connectivity index (χ3n) is 5.96. The van der Waals surface area contributed by atoms with Crippen LogP contribution in [0.25, 0.3) is 16.7 Å². The van der Waals surface area contributed by atoms with Gasteiger partial charge < -0.3 is 5.32 Å². The fourth-order valence-corrected chi connectivity index (χ4v) is 4.18. The maximum Gasteiger partial charge on any atom is 0.251 e. The molecular weight excluding hydrogens is 358 g/mol. The Labute approximate surface area is 174 Å². The summed E-state index contributed by atoms with van der Waals surface area (Å²) in [6.45, 7) is 8.84. The first-order valence-corrected chi connectivity index (χ1v) is 10.8. The molecule has 3 rings (SSSR count). The molecule has 0 atom stereocenters. The predicted octanol–water partition coefficient (Wildman–Crippen LogP) is 5.98. The van der Waals surface area contributed by atoms with Crippen LogP contribution in [-0.2, 0) is 0 Å². The van der Waals surface area contributed by atoms with Crippen LogP contribution in [0.4, 0.5) is 0 Å². The van der Waals surface area contributed by atoms with Crippen molar-refractivity contribution in [3.05, 3.63) is 61.0 Å². The Morgan fingerprint density at radius 1 is 1.28 bits per heavy atom. The van der Waals surface area contributed by atoms with Gasteiger partial charge in [0, 0.05) is 17.8 Å². The first kappa shape index (κ1) is 21.1. The summed E-state index contributed by atoms with van der Waals surface area (Å²) < 4.78 is 2.02. The third-order valence-corrected chi connectivity index (χ3v) is 5.96. The molecule has 29 heavy (non-hydrogen) atoms. The van der Waals surface area contributed by atoms with Gasteiger partial charge in [-0.15, -0.1) is 0 Å². The summed E-state index contributed by atoms with van der Waals surface area (Å²) in [6.07, 6.45) is 17.1. The molecule has 1 aliphatic carbocycles. The fourth-order valence-electron chi connectivity index (χ4n) is 4.18. The second-order valence-electron chi connectivity index (χ2n) is 8.17. The Bertz CT molecular complexity index is 896. The number of fused-ring (bicyclic) bond motifs is 1. The lowest BCUT2D eigenvalue weighted by Crippen LogP contribution is -2.29. The molecule has 1 amide bonds. The van der Waals surface area contributed by atoms with Crippen molar-refractivity contribution in [2.45, 2.75) is 52.4 Å². The Hall–Kier alpha value is -2.62. The molecule has 0 spiro atoms. The topological polar surface area (TPSA) is 46.9 Å². The van der Waals surface area contributed by atoms with E-state index >= 15 is 0 Å². The van der Waals surface area contributed by atoms with E-state index in [-0.39, 0.29) is 5.91 Å². The Kier molecular flexibility index (Phi) is 7.45. The van der Waals surface area contributed by atoms with E-state index in [0.717, 1.165) is 29.2 Å². The van der Waals surface area contributed by atoms with Crippen LogP contribution in [0.5, 0.6) is 0 Å². The van der Waals surface area contributed by atoms with Crippen molar-refractivity contribution < 1.29 is 4.79 Å². The van der Waals surface area contributed by atoms with Gasteiger partial charge in [0.1, 0.15) is 6.33 Å². The van der Waals surface area contributed by atoms with Gasteiger partial charge in [-0.25, -0.2) is 4.98 Å². The maximum absolute atomic E-state index is 12.7. The zero-order valence-electron chi connectivity index (χ0n) is 17.7. The summed E-state index contributed by atoms with van der Waals surface area (Å²) in [5, 5.41) is 3.15. The minimum Gasteiger partial charge on any atom is -0.352 e. The lowest BCUT2D eigenvalue weighted by Gasteiger charge is -2.22. The largest absolute Gasteiger partial charge is 0.352 e. The van der Waals surface area contributed by atoms with Crippen LogP contribution in [0.2, 0.25) is 0 Å². The minimum absolute atomic E-state index is 0.00492. The molecule has 1 N–H and O–H groups in total. The van der Waals surface area contributed by atoms with E-state index in [2.05, 4.69) is 23.8 Å². The molecule has 0 radical (unpaired) electrons. The van der Waals surface area contributed by atoms with Crippen LogP contribution in [0.3, 0.4) is 0 Å². The maximum atomic E-state index is 12.7. The Morgan fingerprint density at radius 2 is 2.03 bits per heavy atom. The summed E-state index contributed by atoms with van der Waals surface area (Å²) in [4.78, 5) is 17.2. The van der Waals surface area contributed by atoms with E-state index in [1.165, 1.54) is 38.5 Å². The monoisotopic (exact) mass is 391 g/mol. The molecule has 154 valence electrons. The molecule has 1 heterocycles. The fraction of sp³-hybridized carbons (Fsp3) is 0.440. The molecule has 1 aliphatic rings. The van der Waals surface area contributed by atoms with Crippen LogP contribution in [0.15, 0.2) is 55.4 Å². The lowest BCUT2D eigenvalue weighted by atomic mass is 9.86. The Balaban J connectivity index is 1.66. The second kappa shape index (κ2) is 10.2. The first-order valence-electron chi connectivity index (χ1n) is 10.8. The normalized spacial score (nSPS) is 21.1. The number of hydrogen-bond donors (Lipinski definition) is 1. The first-order chi connectivity index (χ1) is 14.1. The second-order valence-corrected chi connectivity index (χ2v) is 8.17. The number of nitrogens with zero attached hydrogens (tertiary/aromatic N) is 2. The molecule has 2 aromatic rings. The number of nitrogens with one attached hydrogen (secondary N) is 1. The number of imidazole rings is 1. The van der Waals surface area contributed by atoms with Gasteiger partial charge in [-0.3, -0.25) is 9.36 Å². The van der Waals surface area contributed by atoms with Gasteiger partial charge >= 0.3 is 0 Å². The molecule has 0 bridgehead atoms. The van der Waals surface area contributed by atoms with E-state index in [1.807, 2.05) is 47.9 Å². The van der Waals surface area contributed by atoms with Gasteiger partial charge in [0.15, 0.2) is 0 Å². The van der Waals surface area contributed by atoms with Gasteiger partial charge in [0.2, 0.25) is 0 Å². The van der Waals surface area contributed by atoms with E-state index in [0.29, 0.717) is 11.5 Å². The third kappa shape index (κ3) is 5.47. The van der Waals surface area contributed by atoms with Crippen molar-refractivity contribution in [3.8, 4) is 0 Å². The number of aromatic nitrogens is 2. The molecule has 4 heteroatoms. The number of carbonyl (C=O) groups excluding carboxylic acids is 1. The van der Waals surface area contributed by atoms with Gasteiger partial charge in [0.25, 0.3) is 5.91 Å². The number of rotatable bonds is 6. The summed E-state index contributed by atoms with van der Waals surface area (Å²) in [6, 6.07) is 5.74. The highest BCUT2D eigenvalue weighted by Gasteiger charge is 2.16. The summed E-state index contributed by atoms with van der Waals surface area (Å²) in [5.74, 6) is 1.45. The minimum atomic E-state index is -0.00492. The number of carbonyl (C=O) groups is 1. The van der Waals surface area contributed by atoms with Crippen molar-refractivity contribution in [2.75, 3.05) is 6.54 Å². The smallest absolute Gasteiger partial charge is 0.251 e. The van der Waals surface area contributed by atoms with Gasteiger partial charge in [0.05, 0.1) is 11.0 Å². The molecule has 1 aromatic carbocycles. The highest BCUT2D eigenvalue weighted by Crippen LogP contribution is 2.25. The molecule has 4 nitrogen and oxygen atoms in total. The number of allylic oxidation sites excluding steroid dienone is 5. The molecular formula is C25H33N3O. The number of amides is 1. The van der Waals surface area contributed by atoms with E-state index < -0.39 is 0 Å². The standard InChI is InChI=1S/C25H33N3O/c1-4-6-13-22(5-2)28-18-27-23-16-21(14-15-24(23)28)25(29)26-17-20-11-7-9-19(3)10-8-12-20/h4-6,13-16,18-20H,1,7-12,17H2,2-3H3,(H,26,29)/b13-6-,22-5+. The zero-order valence-corrected chi connectivity index (χ0v) is 17.7. The van der Waals surface area contributed by atoms with Crippen molar-refractivity contribution in [1.29, 1.82) is 0 Å². The molecule has 0 unspecified atom stereocenters. The van der Waals surface area contributed by atoms with Crippen molar-refractivity contribution in [2.24, 2.45) is 11.8 Å². The summed E-state index contributed by atoms with van der Waals surface area (Å²) in [5.41, 5.74) is 3.50. The molecule has 1 aromatic heterocycles. The molecule has 0 aliphatic heterocycles. The van der Waals surface area contributed by atoms with Crippen molar-refractivity contribution in [3.63, 3.8) is 0 Å². The highest BCUT2D eigenvalue weighted by atomic mass is 16.1. The van der Waals surface area contributed by atoms with Crippen molar-refractivity contribution >= 4 is 22.6 Å². The highest BCUT2D eigenvalue weighted by molar-refractivity contribution is 5.97. The summed E-state index contributed by atoms with van der Waals surface area (Å²) in [7, 11) is 0. The van der Waals surface area contributed by atoms with Gasteiger partial charge in [-0.05, 0) is 55.9 Å². The number of hydrogen-bond acceptors (Lipinski definition) is 2. The predicted molar refractivity (Wildman–Crippen MR) is 122 cm³/mol. The molecule has 0 saturated heterocycles. The molecule has 1 saturated carbocycles. The Morgan fingerprint density at radius 3 is 2.72 bits per heavy atom. The van der Waals surface area contributed by atoms with Crippen LogP contribution in [-0.4, -0.2) is 22.0 Å². The van der Waals surface area contributed by atoms with E-state index in [4.69, 9.17) is 0 Å². The van der Waals surface area contributed by atoms with Crippen LogP contribution < -0.4 is 5.32 Å². The quantitative estimate of drug-likeness (QED) is 0.616. The SMILES string of the molecule is C=C/C=C\C(=C/C)n1cnc2cc(C(=O)NCC3CCCC(C)CCC3)ccc21. The molecule has 1 fully saturated rings. The van der Waals surface area contributed by atoms with E-state index in [1.54, 1.807) is 12.4 Å². The van der Waals surface area contributed by atoms with E-state index in [9.17, 15) is 4.79 Å². The zero-order chi connectivity index (χ0) is 20.6.